The summed E-state index contributed by atoms with van der Waals surface area (Å²) >= 11 is 0. The molecule has 4 aromatic rings. The molecular formula is C36H36FNO9. The predicted octanol–water partition coefficient (Wildman–Crippen LogP) is 3.25. The summed E-state index contributed by atoms with van der Waals surface area (Å²) in [6, 6.07) is 25.8. The van der Waals surface area contributed by atoms with E-state index < -0.39 is 60.7 Å². The molecule has 2 saturated heterocycles. The highest BCUT2D eigenvalue weighted by Crippen LogP contribution is 2.49. The molecule has 246 valence electrons. The summed E-state index contributed by atoms with van der Waals surface area (Å²) in [5.74, 6) is -1.16. The van der Waals surface area contributed by atoms with Gasteiger partial charge in [-0.05, 0) is 71.5 Å². The van der Waals surface area contributed by atoms with E-state index in [1.165, 1.54) is 24.3 Å². The Morgan fingerprint density at radius 3 is 2.17 bits per heavy atom. The Kier molecular flexibility index (Phi) is 9.40. The third kappa shape index (κ3) is 6.39. The first-order chi connectivity index (χ1) is 22.5. The van der Waals surface area contributed by atoms with Crippen molar-refractivity contribution >= 4 is 11.6 Å². The van der Waals surface area contributed by atoms with E-state index in [2.05, 4.69) is 0 Å². The number of halogens is 1. The molecule has 0 radical (unpaired) electrons. The Labute approximate surface area is 270 Å². The molecule has 0 aromatic heterocycles. The van der Waals surface area contributed by atoms with Crippen LogP contribution in [-0.2, 0) is 9.53 Å². The van der Waals surface area contributed by atoms with E-state index in [1.807, 2.05) is 30.3 Å². The molecule has 1 amide bonds. The lowest BCUT2D eigenvalue weighted by Gasteiger charge is -2.48. The molecule has 11 heteroatoms. The average Bonchev–Trinajstić information content (AvgIpc) is 3.08. The van der Waals surface area contributed by atoms with Gasteiger partial charge in [0, 0.05) is 11.3 Å². The molecule has 1 unspecified atom stereocenters. The van der Waals surface area contributed by atoms with Gasteiger partial charge in [0.2, 0.25) is 5.91 Å². The lowest BCUT2D eigenvalue weighted by molar-refractivity contribution is -0.297. The van der Waals surface area contributed by atoms with Crippen LogP contribution < -0.4 is 4.90 Å². The Morgan fingerprint density at radius 2 is 1.47 bits per heavy atom. The summed E-state index contributed by atoms with van der Waals surface area (Å²) < 4.78 is 18.6. The molecule has 2 aliphatic rings. The number of hydrogen-bond acceptors (Lipinski definition) is 9. The second-order valence-electron chi connectivity index (χ2n) is 12.0. The van der Waals surface area contributed by atoms with E-state index in [0.29, 0.717) is 39.9 Å². The number of phenolic OH excluding ortho intramolecular Hbond substituents is 1. The summed E-state index contributed by atoms with van der Waals surface area (Å²) in [4.78, 5) is 15.1. The lowest BCUT2D eigenvalue weighted by atomic mass is 9.77. The van der Waals surface area contributed by atoms with Crippen LogP contribution in [0.1, 0.15) is 47.8 Å². The summed E-state index contributed by atoms with van der Waals surface area (Å²) in [6.07, 6.45) is -10.1. The first-order valence-corrected chi connectivity index (χ1v) is 15.4. The zero-order valence-electron chi connectivity index (χ0n) is 25.1. The number of aromatic hydroxyl groups is 1. The number of carbonyl (C=O) groups excluding carboxylic acids is 1. The van der Waals surface area contributed by atoms with Crippen molar-refractivity contribution in [3.05, 3.63) is 120 Å². The second kappa shape index (κ2) is 13.5. The van der Waals surface area contributed by atoms with E-state index in [-0.39, 0.29) is 18.1 Å². The molecule has 2 fully saturated rings. The van der Waals surface area contributed by atoms with Crippen LogP contribution in [0.5, 0.6) is 5.75 Å². The highest BCUT2D eigenvalue weighted by atomic mass is 19.1. The van der Waals surface area contributed by atoms with Crippen LogP contribution in [0.15, 0.2) is 97.1 Å². The number of carbonyl (C=O) groups is 1. The zero-order chi connectivity index (χ0) is 33.4. The molecular weight excluding hydrogens is 609 g/mol. The van der Waals surface area contributed by atoms with Gasteiger partial charge in [-0.15, -0.1) is 0 Å². The molecule has 6 rings (SSSR count). The van der Waals surface area contributed by atoms with Crippen molar-refractivity contribution in [2.24, 2.45) is 5.92 Å². The van der Waals surface area contributed by atoms with Crippen LogP contribution in [0.4, 0.5) is 10.1 Å². The third-order valence-electron chi connectivity index (χ3n) is 9.10. The van der Waals surface area contributed by atoms with Crippen LogP contribution in [0.3, 0.4) is 0 Å². The number of amides is 1. The molecule has 0 bridgehead atoms. The fraction of sp³-hybridized carbons (Fsp3) is 0.306. The monoisotopic (exact) mass is 645 g/mol. The van der Waals surface area contributed by atoms with Crippen LogP contribution in [0.25, 0.3) is 11.1 Å². The van der Waals surface area contributed by atoms with Gasteiger partial charge in [0.25, 0.3) is 0 Å². The van der Waals surface area contributed by atoms with Crippen LogP contribution >= 0.6 is 0 Å². The summed E-state index contributed by atoms with van der Waals surface area (Å²) in [7, 11) is 0. The fourth-order valence-electron chi connectivity index (χ4n) is 6.46. The van der Waals surface area contributed by atoms with E-state index >= 15 is 0 Å². The van der Waals surface area contributed by atoms with E-state index in [9.17, 15) is 44.9 Å². The normalized spacial score (nSPS) is 27.3. The van der Waals surface area contributed by atoms with Crippen LogP contribution in [0, 0.1) is 11.7 Å². The van der Waals surface area contributed by atoms with Gasteiger partial charge in [-0.25, -0.2) is 4.39 Å². The van der Waals surface area contributed by atoms with Gasteiger partial charge in [-0.1, -0.05) is 60.7 Å². The summed E-state index contributed by atoms with van der Waals surface area (Å²) in [5, 5.41) is 73.2. The SMILES string of the molecule is O=C1[C@H](CC[C@H](O)c2ccc(F)cc2)[C@@H](c2ccc(-c3cccc([C@H](O)[C@H]4OC(O)[C@H](O)[C@@H](O)[C@@H]4O)c3)cc2O)N1c1ccccc1. The first kappa shape index (κ1) is 32.7. The maximum absolute atomic E-state index is 13.5. The maximum Gasteiger partial charge on any atom is 0.233 e. The minimum atomic E-state index is -1.80. The Morgan fingerprint density at radius 1 is 0.766 bits per heavy atom. The number of aliphatic hydroxyl groups excluding tert-OH is 6. The van der Waals surface area contributed by atoms with Gasteiger partial charge in [0.1, 0.15) is 42.1 Å². The number of ether oxygens (including phenoxy) is 1. The minimum Gasteiger partial charge on any atom is -0.508 e. The van der Waals surface area contributed by atoms with Gasteiger partial charge in [-0.3, -0.25) is 4.79 Å². The topological polar surface area (TPSA) is 171 Å². The largest absolute Gasteiger partial charge is 0.508 e. The quantitative estimate of drug-likeness (QED) is 0.135. The Balaban J connectivity index is 1.25. The van der Waals surface area contributed by atoms with E-state index in [1.54, 1.807) is 47.4 Å². The van der Waals surface area contributed by atoms with E-state index in [4.69, 9.17) is 4.74 Å². The number of aliphatic hydroxyl groups is 6. The number of anilines is 1. The van der Waals surface area contributed by atoms with Crippen LogP contribution in [-0.4, -0.2) is 72.4 Å². The molecule has 0 saturated carbocycles. The minimum absolute atomic E-state index is 0.0674. The van der Waals surface area contributed by atoms with Crippen molar-refractivity contribution in [3.8, 4) is 16.9 Å². The van der Waals surface area contributed by atoms with Crippen molar-refractivity contribution in [2.75, 3.05) is 4.90 Å². The first-order valence-electron chi connectivity index (χ1n) is 15.4. The molecule has 9 atom stereocenters. The zero-order valence-corrected chi connectivity index (χ0v) is 25.1. The van der Waals surface area contributed by atoms with Crippen molar-refractivity contribution in [2.45, 2.75) is 61.8 Å². The number of para-hydroxylation sites is 1. The van der Waals surface area contributed by atoms with Gasteiger partial charge in [-0.2, -0.15) is 0 Å². The second-order valence-corrected chi connectivity index (χ2v) is 12.0. The Bertz CT molecular complexity index is 1700. The molecule has 10 nitrogen and oxygen atoms in total. The molecule has 0 aliphatic carbocycles. The number of phenols is 1. The van der Waals surface area contributed by atoms with Gasteiger partial charge in [0.05, 0.1) is 18.1 Å². The molecule has 47 heavy (non-hydrogen) atoms. The molecule has 2 aliphatic heterocycles. The van der Waals surface area contributed by atoms with Crippen molar-refractivity contribution in [3.63, 3.8) is 0 Å². The summed E-state index contributed by atoms with van der Waals surface area (Å²) in [5.41, 5.74) is 3.20. The molecule has 0 spiro atoms. The van der Waals surface area contributed by atoms with Crippen LogP contribution in [0.2, 0.25) is 0 Å². The van der Waals surface area contributed by atoms with Crippen molar-refractivity contribution < 1.29 is 49.7 Å². The summed E-state index contributed by atoms with van der Waals surface area (Å²) in [6.45, 7) is 0. The van der Waals surface area contributed by atoms with Gasteiger partial charge >= 0.3 is 0 Å². The van der Waals surface area contributed by atoms with E-state index in [0.717, 1.165) is 0 Å². The molecule has 2 heterocycles. The van der Waals surface area contributed by atoms with Gasteiger partial charge in [0.15, 0.2) is 6.29 Å². The van der Waals surface area contributed by atoms with Crippen molar-refractivity contribution in [1.82, 2.24) is 0 Å². The predicted molar refractivity (Wildman–Crippen MR) is 168 cm³/mol. The number of rotatable bonds is 9. The lowest BCUT2D eigenvalue weighted by Crippen LogP contribution is -2.58. The molecule has 4 aromatic carbocycles. The maximum atomic E-state index is 13.5. The third-order valence-corrected chi connectivity index (χ3v) is 9.10. The smallest absolute Gasteiger partial charge is 0.233 e. The van der Waals surface area contributed by atoms with Gasteiger partial charge < -0.3 is 45.4 Å². The number of benzene rings is 4. The number of β-lactam (4-membered cyclic amide) rings is 1. The Hall–Kier alpha value is -4.20. The van der Waals surface area contributed by atoms with Crippen molar-refractivity contribution in [1.29, 1.82) is 0 Å². The molecule has 7 N–H and O–H groups in total. The number of nitrogens with zero attached hydrogens (tertiary/aromatic N) is 1. The highest BCUT2D eigenvalue weighted by Gasteiger charge is 2.49. The highest BCUT2D eigenvalue weighted by molar-refractivity contribution is 6.03. The fourth-order valence-corrected chi connectivity index (χ4v) is 6.46. The standard InChI is InChI=1S/C36H36FNO9/c37-23-12-9-19(10-13-23)27(39)16-15-26-29(38(35(26)45)24-7-2-1-3-8-24)25-14-11-21(18-28(25)40)20-5-4-6-22(17-20)30(41)34-32(43)31(42)33(44)36(46)47-34/h1-14,17-18,26-27,29-34,36,39-44,46H,15-16H2/t26-,27+,29-,30+,31+,32+,33-,34-,36?/m1/s1. The average molecular weight is 646 g/mol. The number of hydrogen-bond donors (Lipinski definition) is 7.